The van der Waals surface area contributed by atoms with Crippen molar-refractivity contribution in [1.29, 1.82) is 0 Å². The monoisotopic (exact) mass is 334 g/mol. The molecule has 122 valence electrons. The van der Waals surface area contributed by atoms with E-state index in [2.05, 4.69) is 5.32 Å². The van der Waals surface area contributed by atoms with Crippen LogP contribution in [-0.2, 0) is 9.59 Å². The standard InChI is InChI=1S/C17H19ClN2O3/c1-19-16(21)14-4-2-3-7-20(14)17(22)12-8-11-9-13(18)5-6-15(11)23-10-12/h5-6,8-9,14H,2-4,7,10H2,1H3,(H,19,21). The fourth-order valence-electron chi connectivity index (χ4n) is 3.07. The van der Waals surface area contributed by atoms with E-state index in [0.29, 0.717) is 29.3 Å². The number of carbonyl (C=O) groups is 2. The molecule has 1 atom stereocenters. The Balaban J connectivity index is 1.86. The third-order valence-electron chi connectivity index (χ3n) is 4.27. The van der Waals surface area contributed by atoms with E-state index in [-0.39, 0.29) is 18.4 Å². The van der Waals surface area contributed by atoms with Crippen molar-refractivity contribution in [3.05, 3.63) is 34.4 Å². The molecular weight excluding hydrogens is 316 g/mol. The van der Waals surface area contributed by atoms with E-state index in [1.54, 1.807) is 30.1 Å². The predicted molar refractivity (Wildman–Crippen MR) is 88.3 cm³/mol. The number of likely N-dealkylation sites (tertiary alicyclic amines) is 1. The van der Waals surface area contributed by atoms with Gasteiger partial charge in [0.25, 0.3) is 5.91 Å². The third-order valence-corrected chi connectivity index (χ3v) is 4.51. The van der Waals surface area contributed by atoms with E-state index in [1.165, 1.54) is 0 Å². The lowest BCUT2D eigenvalue weighted by atomic mass is 9.99. The van der Waals surface area contributed by atoms with Crippen LogP contribution in [0.2, 0.25) is 5.02 Å². The summed E-state index contributed by atoms with van der Waals surface area (Å²) in [6, 6.07) is 4.93. The van der Waals surface area contributed by atoms with Gasteiger partial charge in [0, 0.05) is 24.2 Å². The number of carbonyl (C=O) groups excluding carboxylic acids is 2. The molecular formula is C17H19ClN2O3. The molecule has 1 aromatic carbocycles. The fourth-order valence-corrected chi connectivity index (χ4v) is 3.25. The number of rotatable bonds is 2. The summed E-state index contributed by atoms with van der Waals surface area (Å²) < 4.78 is 5.65. The number of piperidine rings is 1. The van der Waals surface area contributed by atoms with E-state index >= 15 is 0 Å². The number of hydrogen-bond acceptors (Lipinski definition) is 3. The van der Waals surface area contributed by atoms with Crippen LogP contribution in [0.5, 0.6) is 5.75 Å². The van der Waals surface area contributed by atoms with Gasteiger partial charge in [-0.1, -0.05) is 11.6 Å². The molecule has 1 aromatic rings. The minimum absolute atomic E-state index is 0.112. The Morgan fingerprint density at radius 1 is 1.35 bits per heavy atom. The largest absolute Gasteiger partial charge is 0.488 e. The number of ether oxygens (including phenoxy) is 1. The van der Waals surface area contributed by atoms with Crippen molar-refractivity contribution in [3.63, 3.8) is 0 Å². The molecule has 23 heavy (non-hydrogen) atoms. The van der Waals surface area contributed by atoms with Gasteiger partial charge < -0.3 is 15.0 Å². The van der Waals surface area contributed by atoms with E-state index in [1.807, 2.05) is 6.08 Å². The summed E-state index contributed by atoms with van der Waals surface area (Å²) in [7, 11) is 1.60. The van der Waals surface area contributed by atoms with Gasteiger partial charge in [-0.15, -0.1) is 0 Å². The molecule has 1 saturated heterocycles. The molecule has 1 N–H and O–H groups in total. The average Bonchev–Trinajstić information content (AvgIpc) is 2.59. The van der Waals surface area contributed by atoms with Crippen LogP contribution in [0.1, 0.15) is 24.8 Å². The smallest absolute Gasteiger partial charge is 0.253 e. The second kappa shape index (κ2) is 6.62. The zero-order chi connectivity index (χ0) is 16.4. The van der Waals surface area contributed by atoms with Crippen molar-refractivity contribution in [1.82, 2.24) is 10.2 Å². The Kier molecular flexibility index (Phi) is 4.57. The maximum atomic E-state index is 12.8. The Bertz CT molecular complexity index is 672. The molecule has 2 aliphatic heterocycles. The van der Waals surface area contributed by atoms with Crippen LogP contribution in [0.3, 0.4) is 0 Å². The minimum atomic E-state index is -0.400. The number of fused-ring (bicyclic) bond motifs is 1. The van der Waals surface area contributed by atoms with Crippen LogP contribution in [0.25, 0.3) is 6.08 Å². The summed E-state index contributed by atoms with van der Waals surface area (Å²) in [6.07, 6.45) is 4.37. The Labute approximate surface area is 140 Å². The lowest BCUT2D eigenvalue weighted by Gasteiger charge is -2.35. The molecule has 1 fully saturated rings. The zero-order valence-corrected chi connectivity index (χ0v) is 13.7. The quantitative estimate of drug-likeness (QED) is 0.902. The lowest BCUT2D eigenvalue weighted by Crippen LogP contribution is -2.52. The number of nitrogens with zero attached hydrogens (tertiary/aromatic N) is 1. The highest BCUT2D eigenvalue weighted by atomic mass is 35.5. The lowest BCUT2D eigenvalue weighted by molar-refractivity contribution is -0.139. The van der Waals surface area contributed by atoms with E-state index in [0.717, 1.165) is 18.4 Å². The van der Waals surface area contributed by atoms with Gasteiger partial charge in [0.1, 0.15) is 18.4 Å². The number of halogens is 1. The van der Waals surface area contributed by atoms with Crippen molar-refractivity contribution in [2.45, 2.75) is 25.3 Å². The van der Waals surface area contributed by atoms with Gasteiger partial charge in [0.05, 0.1) is 5.57 Å². The molecule has 0 spiro atoms. The summed E-state index contributed by atoms with van der Waals surface area (Å²) >= 11 is 6.00. The van der Waals surface area contributed by atoms with Crippen molar-refractivity contribution >= 4 is 29.5 Å². The number of benzene rings is 1. The predicted octanol–water partition coefficient (Wildman–Crippen LogP) is 2.24. The van der Waals surface area contributed by atoms with Gasteiger partial charge in [-0.25, -0.2) is 0 Å². The number of hydrogen-bond donors (Lipinski definition) is 1. The van der Waals surface area contributed by atoms with Crippen molar-refractivity contribution < 1.29 is 14.3 Å². The first-order chi connectivity index (χ1) is 11.1. The molecule has 0 aliphatic carbocycles. The summed E-state index contributed by atoms with van der Waals surface area (Å²) in [6.45, 7) is 0.807. The minimum Gasteiger partial charge on any atom is -0.488 e. The number of likely N-dealkylation sites (N-methyl/N-ethyl adjacent to an activating group) is 1. The molecule has 6 heteroatoms. The van der Waals surface area contributed by atoms with E-state index < -0.39 is 6.04 Å². The summed E-state index contributed by atoms with van der Waals surface area (Å²) in [5.74, 6) is 0.468. The first-order valence-electron chi connectivity index (χ1n) is 7.75. The van der Waals surface area contributed by atoms with E-state index in [9.17, 15) is 9.59 Å². The van der Waals surface area contributed by atoms with Gasteiger partial charge in [-0.2, -0.15) is 0 Å². The molecule has 2 amide bonds. The molecule has 0 bridgehead atoms. The topological polar surface area (TPSA) is 58.6 Å². The van der Waals surface area contributed by atoms with Crippen LogP contribution in [-0.4, -0.2) is 43.0 Å². The average molecular weight is 335 g/mol. The van der Waals surface area contributed by atoms with Crippen LogP contribution >= 0.6 is 11.6 Å². The van der Waals surface area contributed by atoms with Crippen LogP contribution in [0.4, 0.5) is 0 Å². The molecule has 5 nitrogen and oxygen atoms in total. The first-order valence-corrected chi connectivity index (χ1v) is 8.13. The molecule has 0 aromatic heterocycles. The second-order valence-corrected chi connectivity index (χ2v) is 6.20. The van der Waals surface area contributed by atoms with Gasteiger partial charge in [-0.05, 0) is 43.5 Å². The highest BCUT2D eigenvalue weighted by Crippen LogP contribution is 2.30. The second-order valence-electron chi connectivity index (χ2n) is 5.76. The Morgan fingerprint density at radius 2 is 2.17 bits per heavy atom. The van der Waals surface area contributed by atoms with Crippen molar-refractivity contribution in [2.24, 2.45) is 0 Å². The van der Waals surface area contributed by atoms with Gasteiger partial charge >= 0.3 is 0 Å². The SMILES string of the molecule is CNC(=O)C1CCCCN1C(=O)C1=Cc2cc(Cl)ccc2OC1. The molecule has 0 radical (unpaired) electrons. The molecule has 2 aliphatic rings. The molecule has 3 rings (SSSR count). The zero-order valence-electron chi connectivity index (χ0n) is 13.0. The summed E-state index contributed by atoms with van der Waals surface area (Å²) in [5.41, 5.74) is 1.34. The Hall–Kier alpha value is -2.01. The summed E-state index contributed by atoms with van der Waals surface area (Å²) in [4.78, 5) is 26.5. The number of amides is 2. The third kappa shape index (κ3) is 3.20. The molecule has 0 saturated carbocycles. The Morgan fingerprint density at radius 3 is 2.96 bits per heavy atom. The van der Waals surface area contributed by atoms with Crippen molar-refractivity contribution in [3.8, 4) is 5.75 Å². The van der Waals surface area contributed by atoms with Gasteiger partial charge in [0.15, 0.2) is 0 Å². The van der Waals surface area contributed by atoms with Crippen LogP contribution < -0.4 is 10.1 Å². The van der Waals surface area contributed by atoms with E-state index in [4.69, 9.17) is 16.3 Å². The normalized spacial score (nSPS) is 20.2. The van der Waals surface area contributed by atoms with Crippen LogP contribution in [0, 0.1) is 0 Å². The maximum Gasteiger partial charge on any atom is 0.253 e. The molecule has 1 unspecified atom stereocenters. The number of nitrogens with one attached hydrogen (secondary N) is 1. The maximum absolute atomic E-state index is 12.8. The highest BCUT2D eigenvalue weighted by molar-refractivity contribution is 6.30. The van der Waals surface area contributed by atoms with Crippen LogP contribution in [0.15, 0.2) is 23.8 Å². The summed E-state index contributed by atoms with van der Waals surface area (Å²) in [5, 5.41) is 3.24. The van der Waals surface area contributed by atoms with Gasteiger partial charge in [-0.3, -0.25) is 9.59 Å². The highest BCUT2D eigenvalue weighted by Gasteiger charge is 2.33. The van der Waals surface area contributed by atoms with Crippen molar-refractivity contribution in [2.75, 3.05) is 20.2 Å². The first kappa shape index (κ1) is 15.9. The molecule has 2 heterocycles. The fraction of sp³-hybridized carbons (Fsp3) is 0.412. The van der Waals surface area contributed by atoms with Gasteiger partial charge in [0.2, 0.25) is 5.91 Å².